The number of hydrogen-bond acceptors (Lipinski definition) is 2. The summed E-state index contributed by atoms with van der Waals surface area (Å²) < 4.78 is 1.97. The van der Waals surface area contributed by atoms with Crippen molar-refractivity contribution in [1.82, 2.24) is 9.88 Å². The first-order valence-electron chi connectivity index (χ1n) is 7.13. The van der Waals surface area contributed by atoms with Crippen LogP contribution in [-0.4, -0.2) is 16.5 Å². The zero-order chi connectivity index (χ0) is 14.7. The maximum absolute atomic E-state index is 12.1. The number of hydrogen-bond donors (Lipinski definition) is 2. The van der Waals surface area contributed by atoms with Crippen LogP contribution in [0.3, 0.4) is 0 Å². The van der Waals surface area contributed by atoms with Crippen LogP contribution in [-0.2, 0) is 17.9 Å². The van der Waals surface area contributed by atoms with Gasteiger partial charge in [0.2, 0.25) is 5.91 Å². The second-order valence-electron chi connectivity index (χ2n) is 5.34. The van der Waals surface area contributed by atoms with Gasteiger partial charge < -0.3 is 15.2 Å². The van der Waals surface area contributed by atoms with Crippen LogP contribution in [0.5, 0.6) is 0 Å². The van der Waals surface area contributed by atoms with E-state index in [9.17, 15) is 4.79 Å². The van der Waals surface area contributed by atoms with Crippen molar-refractivity contribution in [3.8, 4) is 0 Å². The van der Waals surface area contributed by atoms with E-state index in [4.69, 9.17) is 11.6 Å². The maximum Gasteiger partial charge on any atom is 0.244 e. The third-order valence-electron chi connectivity index (χ3n) is 3.50. The fourth-order valence-corrected chi connectivity index (χ4v) is 2.41. The molecule has 0 radical (unpaired) electrons. The molecule has 1 aliphatic rings. The molecule has 4 nitrogen and oxygen atoms in total. The molecular formula is C16H18ClN3O. The van der Waals surface area contributed by atoms with Gasteiger partial charge in [0, 0.05) is 35.2 Å². The lowest BCUT2D eigenvalue weighted by Gasteiger charge is -2.10. The van der Waals surface area contributed by atoms with E-state index >= 15 is 0 Å². The zero-order valence-corrected chi connectivity index (χ0v) is 12.4. The Balaban J connectivity index is 1.57. The molecule has 0 bridgehead atoms. The summed E-state index contributed by atoms with van der Waals surface area (Å²) in [5.41, 5.74) is 1.85. The zero-order valence-electron chi connectivity index (χ0n) is 11.7. The van der Waals surface area contributed by atoms with Crippen molar-refractivity contribution in [2.24, 2.45) is 0 Å². The van der Waals surface area contributed by atoms with Gasteiger partial charge in [0.05, 0.1) is 0 Å². The van der Waals surface area contributed by atoms with Crippen LogP contribution in [0.2, 0.25) is 5.02 Å². The van der Waals surface area contributed by atoms with Crippen LogP contribution >= 0.6 is 11.6 Å². The number of nitrogens with zero attached hydrogens (tertiary/aromatic N) is 1. The van der Waals surface area contributed by atoms with Crippen LogP contribution in [0.4, 0.5) is 5.69 Å². The second kappa shape index (κ2) is 6.33. The standard InChI is InChI=1S/C16H18ClN3O/c17-12-3-1-4-14(9-12)19-16(21)11-20-8-2-5-15(20)10-18-13-6-7-13/h1-5,8-9,13,18H,6-7,10-11H2,(H,19,21). The summed E-state index contributed by atoms with van der Waals surface area (Å²) in [5.74, 6) is -0.0545. The minimum atomic E-state index is -0.0545. The summed E-state index contributed by atoms with van der Waals surface area (Å²) >= 11 is 5.91. The summed E-state index contributed by atoms with van der Waals surface area (Å²) in [6, 6.07) is 11.8. The van der Waals surface area contributed by atoms with Gasteiger partial charge in [0.25, 0.3) is 0 Å². The third kappa shape index (κ3) is 4.09. The van der Waals surface area contributed by atoms with E-state index in [1.165, 1.54) is 12.8 Å². The second-order valence-corrected chi connectivity index (χ2v) is 5.78. The highest BCUT2D eigenvalue weighted by atomic mass is 35.5. The normalized spacial score (nSPS) is 14.1. The number of amides is 1. The molecule has 0 spiro atoms. The Bertz CT molecular complexity index is 634. The largest absolute Gasteiger partial charge is 0.341 e. The molecule has 1 amide bonds. The van der Waals surface area contributed by atoms with Crippen molar-refractivity contribution in [3.63, 3.8) is 0 Å². The van der Waals surface area contributed by atoms with Crippen molar-refractivity contribution in [1.29, 1.82) is 0 Å². The minimum absolute atomic E-state index is 0.0545. The summed E-state index contributed by atoms with van der Waals surface area (Å²) in [4.78, 5) is 12.1. The first-order chi connectivity index (χ1) is 10.2. The van der Waals surface area contributed by atoms with Crippen molar-refractivity contribution >= 4 is 23.2 Å². The lowest BCUT2D eigenvalue weighted by molar-refractivity contribution is -0.116. The summed E-state index contributed by atoms with van der Waals surface area (Å²) in [6.07, 6.45) is 4.45. The first-order valence-corrected chi connectivity index (χ1v) is 7.51. The van der Waals surface area contributed by atoms with Gasteiger partial charge in [-0.3, -0.25) is 4.79 Å². The molecule has 1 heterocycles. The van der Waals surface area contributed by atoms with Crippen LogP contribution in [0.1, 0.15) is 18.5 Å². The molecule has 3 rings (SSSR count). The molecule has 110 valence electrons. The van der Waals surface area contributed by atoms with Gasteiger partial charge in [-0.05, 0) is 43.2 Å². The molecule has 0 unspecified atom stereocenters. The predicted octanol–water partition coefficient (Wildman–Crippen LogP) is 3.03. The van der Waals surface area contributed by atoms with E-state index in [-0.39, 0.29) is 5.91 Å². The molecule has 1 saturated carbocycles. The molecule has 0 saturated heterocycles. The first kappa shape index (κ1) is 14.2. The van der Waals surface area contributed by atoms with Gasteiger partial charge >= 0.3 is 0 Å². The highest BCUT2D eigenvalue weighted by Gasteiger charge is 2.20. The van der Waals surface area contributed by atoms with Crippen molar-refractivity contribution in [2.75, 3.05) is 5.32 Å². The van der Waals surface area contributed by atoms with Crippen LogP contribution in [0, 0.1) is 0 Å². The number of nitrogens with one attached hydrogen (secondary N) is 2. The van der Waals surface area contributed by atoms with Gasteiger partial charge in [-0.25, -0.2) is 0 Å². The number of carbonyl (C=O) groups is 1. The van der Waals surface area contributed by atoms with Crippen molar-refractivity contribution < 1.29 is 4.79 Å². The Hall–Kier alpha value is -1.78. The van der Waals surface area contributed by atoms with Gasteiger partial charge in [0.1, 0.15) is 6.54 Å². The van der Waals surface area contributed by atoms with Crippen LogP contribution < -0.4 is 10.6 Å². The minimum Gasteiger partial charge on any atom is -0.341 e. The molecule has 0 atom stereocenters. The van der Waals surface area contributed by atoms with E-state index in [0.717, 1.165) is 17.9 Å². The number of carbonyl (C=O) groups excluding carboxylic acids is 1. The number of benzene rings is 1. The van der Waals surface area contributed by atoms with Crippen LogP contribution in [0.15, 0.2) is 42.6 Å². The van der Waals surface area contributed by atoms with Gasteiger partial charge in [-0.2, -0.15) is 0 Å². The van der Waals surface area contributed by atoms with E-state index in [0.29, 0.717) is 17.6 Å². The Morgan fingerprint density at radius 1 is 1.29 bits per heavy atom. The number of rotatable bonds is 6. The molecule has 2 aromatic rings. The van der Waals surface area contributed by atoms with E-state index < -0.39 is 0 Å². The average molecular weight is 304 g/mol. The lowest BCUT2D eigenvalue weighted by Crippen LogP contribution is -2.22. The Kier molecular flexibility index (Phi) is 4.27. The van der Waals surface area contributed by atoms with E-state index in [1.807, 2.05) is 35.0 Å². The molecule has 0 aliphatic heterocycles. The van der Waals surface area contributed by atoms with Gasteiger partial charge in [-0.15, -0.1) is 0 Å². The molecule has 1 aromatic carbocycles. The number of anilines is 1. The topological polar surface area (TPSA) is 46.1 Å². The number of aromatic nitrogens is 1. The van der Waals surface area contributed by atoms with Crippen molar-refractivity contribution in [3.05, 3.63) is 53.3 Å². The molecule has 5 heteroatoms. The molecule has 2 N–H and O–H groups in total. The van der Waals surface area contributed by atoms with Crippen LogP contribution in [0.25, 0.3) is 0 Å². The van der Waals surface area contributed by atoms with E-state index in [1.54, 1.807) is 12.1 Å². The maximum atomic E-state index is 12.1. The summed E-state index contributed by atoms with van der Waals surface area (Å²) in [5, 5.41) is 6.93. The lowest BCUT2D eigenvalue weighted by atomic mass is 10.3. The van der Waals surface area contributed by atoms with Gasteiger partial charge in [-0.1, -0.05) is 17.7 Å². The average Bonchev–Trinajstić information content (AvgIpc) is 3.17. The van der Waals surface area contributed by atoms with E-state index in [2.05, 4.69) is 10.6 Å². The SMILES string of the molecule is O=C(Cn1cccc1CNC1CC1)Nc1cccc(Cl)c1. The Morgan fingerprint density at radius 2 is 2.14 bits per heavy atom. The fraction of sp³-hybridized carbons (Fsp3) is 0.312. The highest BCUT2D eigenvalue weighted by molar-refractivity contribution is 6.30. The fourth-order valence-electron chi connectivity index (χ4n) is 2.22. The Morgan fingerprint density at radius 3 is 2.90 bits per heavy atom. The smallest absolute Gasteiger partial charge is 0.244 e. The molecule has 21 heavy (non-hydrogen) atoms. The molecule has 1 fully saturated rings. The quantitative estimate of drug-likeness (QED) is 0.861. The van der Waals surface area contributed by atoms with Crippen molar-refractivity contribution in [2.45, 2.75) is 32.0 Å². The molecule has 1 aliphatic carbocycles. The highest BCUT2D eigenvalue weighted by Crippen LogP contribution is 2.19. The third-order valence-corrected chi connectivity index (χ3v) is 3.73. The molecular weight excluding hydrogens is 286 g/mol. The Labute approximate surface area is 129 Å². The predicted molar refractivity (Wildman–Crippen MR) is 84.4 cm³/mol. The monoisotopic (exact) mass is 303 g/mol. The van der Waals surface area contributed by atoms with Gasteiger partial charge in [0.15, 0.2) is 0 Å². The molecule has 1 aromatic heterocycles. The number of halogens is 1. The summed E-state index contributed by atoms with van der Waals surface area (Å²) in [6.45, 7) is 1.11. The summed E-state index contributed by atoms with van der Waals surface area (Å²) in [7, 11) is 0.